The van der Waals surface area contributed by atoms with Gasteiger partial charge >= 0.3 is 5.97 Å². The lowest BCUT2D eigenvalue weighted by Crippen LogP contribution is -2.41. The molecule has 0 radical (unpaired) electrons. The first-order valence-corrected chi connectivity index (χ1v) is 5.75. The smallest absolute Gasteiger partial charge is 0.328 e. The van der Waals surface area contributed by atoms with E-state index in [2.05, 4.69) is 10.1 Å². The third-order valence-corrected chi connectivity index (χ3v) is 3.09. The third kappa shape index (κ3) is 3.66. The fraction of sp³-hybridized carbons (Fsp3) is 0.455. The molecule has 0 saturated heterocycles. The van der Waals surface area contributed by atoms with E-state index in [-0.39, 0.29) is 5.91 Å². The van der Waals surface area contributed by atoms with Gasteiger partial charge in [0.2, 0.25) is 5.91 Å². The molecule has 1 amide bonds. The van der Waals surface area contributed by atoms with Crippen molar-refractivity contribution < 1.29 is 14.3 Å². The number of methoxy groups -OCH3 is 1. The molecule has 1 atom stereocenters. The van der Waals surface area contributed by atoms with E-state index >= 15 is 0 Å². The summed E-state index contributed by atoms with van der Waals surface area (Å²) in [6.45, 7) is 3.38. The third-order valence-electron chi connectivity index (χ3n) is 2.06. The Kier molecular flexibility index (Phi) is 4.49. The lowest BCUT2D eigenvalue weighted by atomic mass is 10.2. The fourth-order valence-corrected chi connectivity index (χ4v) is 2.31. The number of nitrogens with one attached hydrogen (secondary N) is 1. The molecule has 5 heteroatoms. The van der Waals surface area contributed by atoms with Crippen molar-refractivity contribution in [1.82, 2.24) is 5.32 Å². The van der Waals surface area contributed by atoms with Crippen LogP contribution < -0.4 is 5.32 Å². The van der Waals surface area contributed by atoms with Gasteiger partial charge in [0, 0.05) is 23.1 Å². The normalized spacial score (nSPS) is 11.9. The van der Waals surface area contributed by atoms with Gasteiger partial charge in [-0.3, -0.25) is 4.79 Å². The van der Waals surface area contributed by atoms with Crippen molar-refractivity contribution in [2.75, 3.05) is 7.11 Å². The van der Waals surface area contributed by atoms with Gasteiger partial charge in [0.25, 0.3) is 0 Å². The van der Waals surface area contributed by atoms with Crippen LogP contribution >= 0.6 is 11.3 Å². The second kappa shape index (κ2) is 5.65. The molecule has 0 aliphatic carbocycles. The van der Waals surface area contributed by atoms with E-state index in [1.165, 1.54) is 18.9 Å². The molecule has 1 rings (SSSR count). The molecule has 4 nitrogen and oxygen atoms in total. The first kappa shape index (κ1) is 12.7. The topological polar surface area (TPSA) is 55.4 Å². The second-order valence-corrected chi connectivity index (χ2v) is 4.87. The van der Waals surface area contributed by atoms with E-state index in [1.807, 2.05) is 19.1 Å². The summed E-state index contributed by atoms with van der Waals surface area (Å²) in [4.78, 5) is 24.6. The van der Waals surface area contributed by atoms with E-state index in [0.29, 0.717) is 6.42 Å². The lowest BCUT2D eigenvalue weighted by Gasteiger charge is -2.14. The van der Waals surface area contributed by atoms with Crippen LogP contribution in [0.2, 0.25) is 0 Å². The molecule has 0 aliphatic heterocycles. The highest BCUT2D eigenvalue weighted by molar-refractivity contribution is 7.11. The highest BCUT2D eigenvalue weighted by Gasteiger charge is 2.20. The van der Waals surface area contributed by atoms with Crippen LogP contribution in [0, 0.1) is 6.92 Å². The Morgan fingerprint density at radius 3 is 2.62 bits per heavy atom. The van der Waals surface area contributed by atoms with E-state index in [4.69, 9.17) is 0 Å². The maximum Gasteiger partial charge on any atom is 0.328 e. The highest BCUT2D eigenvalue weighted by atomic mass is 32.1. The van der Waals surface area contributed by atoms with Crippen LogP contribution in [-0.4, -0.2) is 25.0 Å². The first-order chi connectivity index (χ1) is 7.52. The fourth-order valence-electron chi connectivity index (χ4n) is 1.38. The SMILES string of the molecule is COC(=O)C(Cc1ccc(C)s1)NC(C)=O. The predicted octanol–water partition coefficient (Wildman–Crippen LogP) is 1.28. The summed E-state index contributed by atoms with van der Waals surface area (Å²) >= 11 is 1.61. The van der Waals surface area contributed by atoms with Crippen LogP contribution in [0.3, 0.4) is 0 Å². The second-order valence-electron chi connectivity index (χ2n) is 3.49. The van der Waals surface area contributed by atoms with Gasteiger partial charge < -0.3 is 10.1 Å². The van der Waals surface area contributed by atoms with Gasteiger partial charge in [-0.1, -0.05) is 0 Å². The number of hydrogen-bond acceptors (Lipinski definition) is 4. The zero-order valence-electron chi connectivity index (χ0n) is 9.57. The minimum atomic E-state index is -0.597. The average molecular weight is 241 g/mol. The molecule has 0 aromatic carbocycles. The Balaban J connectivity index is 2.70. The van der Waals surface area contributed by atoms with Gasteiger partial charge in [0.05, 0.1) is 7.11 Å². The molecular formula is C11H15NO3S. The summed E-state index contributed by atoms with van der Waals surface area (Å²) in [5, 5.41) is 2.58. The molecule has 16 heavy (non-hydrogen) atoms. The largest absolute Gasteiger partial charge is 0.467 e. The van der Waals surface area contributed by atoms with Crippen LogP contribution in [0.25, 0.3) is 0 Å². The average Bonchev–Trinajstić information content (AvgIpc) is 2.61. The van der Waals surface area contributed by atoms with Crippen LogP contribution in [-0.2, 0) is 20.7 Å². The van der Waals surface area contributed by atoms with Crippen LogP contribution in [0.5, 0.6) is 0 Å². The van der Waals surface area contributed by atoms with Gasteiger partial charge in [-0.25, -0.2) is 4.79 Å². The molecule has 1 N–H and O–H groups in total. The van der Waals surface area contributed by atoms with Crippen molar-refractivity contribution in [2.24, 2.45) is 0 Å². The molecule has 0 aliphatic rings. The number of thiophene rings is 1. The summed E-state index contributed by atoms with van der Waals surface area (Å²) in [5.41, 5.74) is 0. The Hall–Kier alpha value is -1.36. The molecule has 0 fully saturated rings. The first-order valence-electron chi connectivity index (χ1n) is 4.93. The Morgan fingerprint density at radius 2 is 2.19 bits per heavy atom. The van der Waals surface area contributed by atoms with Gasteiger partial charge in [-0.2, -0.15) is 0 Å². The van der Waals surface area contributed by atoms with Crippen LogP contribution in [0.15, 0.2) is 12.1 Å². The van der Waals surface area contributed by atoms with Crippen molar-refractivity contribution in [2.45, 2.75) is 26.3 Å². The number of aryl methyl sites for hydroxylation is 1. The molecule has 1 aromatic rings. The van der Waals surface area contributed by atoms with E-state index in [9.17, 15) is 9.59 Å². The molecule has 0 saturated carbocycles. The molecule has 88 valence electrons. The van der Waals surface area contributed by atoms with Crippen molar-refractivity contribution in [1.29, 1.82) is 0 Å². The van der Waals surface area contributed by atoms with E-state index in [0.717, 1.165) is 4.88 Å². The molecule has 1 aromatic heterocycles. The van der Waals surface area contributed by atoms with E-state index in [1.54, 1.807) is 11.3 Å². The Bertz CT molecular complexity index is 386. The number of ether oxygens (including phenoxy) is 1. The van der Waals surface area contributed by atoms with Gasteiger partial charge in [-0.05, 0) is 19.1 Å². The summed E-state index contributed by atoms with van der Waals surface area (Å²) in [5.74, 6) is -0.648. The standard InChI is InChI=1S/C11H15NO3S/c1-7-4-5-9(16-7)6-10(11(14)15-3)12-8(2)13/h4-5,10H,6H2,1-3H3,(H,12,13). The molecule has 1 unspecified atom stereocenters. The summed E-state index contributed by atoms with van der Waals surface area (Å²) in [6, 6.07) is 3.35. The minimum absolute atomic E-state index is 0.233. The maximum absolute atomic E-state index is 11.4. The maximum atomic E-state index is 11.4. The van der Waals surface area contributed by atoms with Crippen LogP contribution in [0.4, 0.5) is 0 Å². The quantitative estimate of drug-likeness (QED) is 0.808. The lowest BCUT2D eigenvalue weighted by molar-refractivity contribution is -0.144. The number of hydrogen-bond donors (Lipinski definition) is 1. The highest BCUT2D eigenvalue weighted by Crippen LogP contribution is 2.17. The van der Waals surface area contributed by atoms with Crippen molar-refractivity contribution in [3.8, 4) is 0 Å². The summed E-state index contributed by atoms with van der Waals surface area (Å²) < 4.78 is 4.64. The van der Waals surface area contributed by atoms with Gasteiger partial charge in [0.15, 0.2) is 0 Å². The van der Waals surface area contributed by atoms with Crippen molar-refractivity contribution in [3.05, 3.63) is 21.9 Å². The van der Waals surface area contributed by atoms with Gasteiger partial charge in [0.1, 0.15) is 6.04 Å². The number of amides is 1. The molecule has 0 bridgehead atoms. The number of rotatable bonds is 4. The van der Waals surface area contributed by atoms with Gasteiger partial charge in [-0.15, -0.1) is 11.3 Å². The zero-order valence-corrected chi connectivity index (χ0v) is 10.4. The van der Waals surface area contributed by atoms with E-state index < -0.39 is 12.0 Å². The zero-order chi connectivity index (χ0) is 12.1. The number of esters is 1. The molecular weight excluding hydrogens is 226 g/mol. The molecule has 1 heterocycles. The summed E-state index contributed by atoms with van der Waals surface area (Å²) in [7, 11) is 1.32. The number of carbonyl (C=O) groups excluding carboxylic acids is 2. The molecule has 0 spiro atoms. The monoisotopic (exact) mass is 241 g/mol. The van der Waals surface area contributed by atoms with Crippen molar-refractivity contribution >= 4 is 23.2 Å². The van der Waals surface area contributed by atoms with Crippen LogP contribution in [0.1, 0.15) is 16.7 Å². The number of carbonyl (C=O) groups is 2. The Labute approximate surface area is 98.6 Å². The summed E-state index contributed by atoms with van der Waals surface area (Å²) in [6.07, 6.45) is 0.477. The predicted molar refractivity (Wildman–Crippen MR) is 62.4 cm³/mol. The minimum Gasteiger partial charge on any atom is -0.467 e. The Morgan fingerprint density at radius 1 is 1.50 bits per heavy atom. The van der Waals surface area contributed by atoms with Crippen molar-refractivity contribution in [3.63, 3.8) is 0 Å².